The van der Waals surface area contributed by atoms with Crippen LogP contribution in [-0.4, -0.2) is 0 Å². The predicted molar refractivity (Wildman–Crippen MR) is 96.1 cm³/mol. The maximum atomic E-state index is 6.02. The molecule has 21 heavy (non-hydrogen) atoms. The van der Waals surface area contributed by atoms with Crippen LogP contribution in [0.4, 0.5) is 5.69 Å². The quantitative estimate of drug-likeness (QED) is 0.529. The second-order valence-corrected chi connectivity index (χ2v) is 6.52. The minimum absolute atomic E-state index is 0.329. The van der Waals surface area contributed by atoms with Gasteiger partial charge in [0.05, 0.1) is 6.04 Å². The molecule has 1 atom stereocenters. The van der Waals surface area contributed by atoms with E-state index in [1.54, 1.807) is 0 Å². The smallest absolute Gasteiger partial charge is 0.0514 e. The normalized spacial score (nSPS) is 12.1. The minimum Gasteiger partial charge on any atom is -0.377 e. The average molecular weight is 367 g/mol. The summed E-state index contributed by atoms with van der Waals surface area (Å²) in [5.41, 5.74) is 2.42. The van der Waals surface area contributed by atoms with Gasteiger partial charge in [0.25, 0.3) is 0 Å². The van der Waals surface area contributed by atoms with Gasteiger partial charge in [-0.3, -0.25) is 0 Å². The summed E-state index contributed by atoms with van der Waals surface area (Å²) in [7, 11) is 0. The summed E-state index contributed by atoms with van der Waals surface area (Å²) in [4.78, 5) is 0. The van der Waals surface area contributed by atoms with Gasteiger partial charge in [0, 0.05) is 15.2 Å². The fourth-order valence-corrected chi connectivity index (χ4v) is 3.20. The van der Waals surface area contributed by atoms with E-state index in [1.165, 1.54) is 24.8 Å². The van der Waals surface area contributed by atoms with E-state index in [1.807, 2.05) is 18.2 Å². The number of unbranched alkanes of at least 4 members (excludes halogenated alkanes) is 2. The molecular formula is C18H21BrClN. The first-order valence-electron chi connectivity index (χ1n) is 7.47. The van der Waals surface area contributed by atoms with Crippen molar-refractivity contribution in [2.75, 3.05) is 5.32 Å². The Morgan fingerprint density at radius 1 is 1.10 bits per heavy atom. The molecule has 0 heterocycles. The third-order valence-electron chi connectivity index (χ3n) is 3.56. The summed E-state index contributed by atoms with van der Waals surface area (Å²) in [6.45, 7) is 2.24. The molecule has 0 aromatic heterocycles. The molecule has 0 saturated heterocycles. The molecule has 0 aliphatic rings. The van der Waals surface area contributed by atoms with Crippen molar-refractivity contribution >= 4 is 33.2 Å². The van der Waals surface area contributed by atoms with Gasteiger partial charge in [0.2, 0.25) is 0 Å². The lowest BCUT2D eigenvalue weighted by Crippen LogP contribution is -2.11. The fraction of sp³-hybridized carbons (Fsp3) is 0.333. The van der Waals surface area contributed by atoms with E-state index in [4.69, 9.17) is 11.6 Å². The number of halogens is 2. The Morgan fingerprint density at radius 3 is 2.52 bits per heavy atom. The maximum Gasteiger partial charge on any atom is 0.0514 e. The molecule has 2 aromatic carbocycles. The third kappa shape index (κ3) is 5.05. The van der Waals surface area contributed by atoms with Crippen LogP contribution >= 0.6 is 27.5 Å². The van der Waals surface area contributed by atoms with Crippen molar-refractivity contribution in [2.24, 2.45) is 0 Å². The largest absolute Gasteiger partial charge is 0.377 e. The maximum absolute atomic E-state index is 6.02. The van der Waals surface area contributed by atoms with Crippen molar-refractivity contribution < 1.29 is 0 Å². The summed E-state index contributed by atoms with van der Waals surface area (Å²) in [5.74, 6) is 0. The highest BCUT2D eigenvalue weighted by Crippen LogP contribution is 2.31. The van der Waals surface area contributed by atoms with Gasteiger partial charge in [-0.15, -0.1) is 0 Å². The van der Waals surface area contributed by atoms with E-state index >= 15 is 0 Å². The van der Waals surface area contributed by atoms with Crippen LogP contribution in [0.1, 0.15) is 44.2 Å². The Morgan fingerprint density at radius 2 is 1.86 bits per heavy atom. The number of anilines is 1. The van der Waals surface area contributed by atoms with Crippen LogP contribution in [0.25, 0.3) is 0 Å². The molecule has 0 amide bonds. The zero-order valence-corrected chi connectivity index (χ0v) is 14.6. The number of benzene rings is 2. The average Bonchev–Trinajstić information content (AvgIpc) is 2.49. The molecule has 1 unspecified atom stereocenters. The zero-order chi connectivity index (χ0) is 15.1. The Balaban J connectivity index is 2.15. The first-order chi connectivity index (χ1) is 10.2. The third-order valence-corrected chi connectivity index (χ3v) is 4.45. The van der Waals surface area contributed by atoms with Crippen LogP contribution in [0.5, 0.6) is 0 Å². The van der Waals surface area contributed by atoms with E-state index in [9.17, 15) is 0 Å². The SMILES string of the molecule is CCCCCC(Nc1ccc(Cl)cc1Br)c1ccccc1. The van der Waals surface area contributed by atoms with Crippen LogP contribution in [0, 0.1) is 0 Å². The van der Waals surface area contributed by atoms with E-state index in [0.29, 0.717) is 6.04 Å². The van der Waals surface area contributed by atoms with Crippen molar-refractivity contribution in [1.82, 2.24) is 0 Å². The molecule has 0 bridgehead atoms. The second kappa shape index (κ2) is 8.45. The molecular weight excluding hydrogens is 346 g/mol. The fourth-order valence-electron chi connectivity index (χ4n) is 2.40. The van der Waals surface area contributed by atoms with Gasteiger partial charge >= 0.3 is 0 Å². The van der Waals surface area contributed by atoms with Gasteiger partial charge in [-0.05, 0) is 46.1 Å². The highest BCUT2D eigenvalue weighted by Gasteiger charge is 2.12. The molecule has 3 heteroatoms. The predicted octanol–water partition coefficient (Wildman–Crippen LogP) is 6.84. The van der Waals surface area contributed by atoms with Crippen LogP contribution in [0.3, 0.4) is 0 Å². The van der Waals surface area contributed by atoms with Gasteiger partial charge in [-0.25, -0.2) is 0 Å². The number of hydrogen-bond donors (Lipinski definition) is 1. The standard InChI is InChI=1S/C18H21BrClN/c1-2-3-5-10-17(14-8-6-4-7-9-14)21-18-12-11-15(20)13-16(18)19/h4,6-9,11-13,17,21H,2-3,5,10H2,1H3. The molecule has 0 spiro atoms. The van der Waals surface area contributed by atoms with E-state index < -0.39 is 0 Å². The molecule has 2 rings (SSSR count). The lowest BCUT2D eigenvalue weighted by atomic mass is 10.00. The topological polar surface area (TPSA) is 12.0 Å². The summed E-state index contributed by atoms with van der Waals surface area (Å²) < 4.78 is 1.01. The first-order valence-corrected chi connectivity index (χ1v) is 8.64. The number of rotatable bonds is 7. The van der Waals surface area contributed by atoms with E-state index in [2.05, 4.69) is 58.5 Å². The van der Waals surface area contributed by atoms with Crippen molar-refractivity contribution in [3.8, 4) is 0 Å². The van der Waals surface area contributed by atoms with Crippen molar-refractivity contribution in [2.45, 2.75) is 38.6 Å². The summed E-state index contributed by atoms with van der Waals surface area (Å²) >= 11 is 9.60. The lowest BCUT2D eigenvalue weighted by Gasteiger charge is -2.21. The lowest BCUT2D eigenvalue weighted by molar-refractivity contribution is 0.606. The molecule has 0 radical (unpaired) electrons. The Hall–Kier alpha value is -0.990. The summed E-state index contributed by atoms with van der Waals surface area (Å²) in [6.07, 6.45) is 4.88. The van der Waals surface area contributed by atoms with Gasteiger partial charge in [0.15, 0.2) is 0 Å². The molecule has 1 N–H and O–H groups in total. The number of nitrogens with one attached hydrogen (secondary N) is 1. The van der Waals surface area contributed by atoms with Gasteiger partial charge in [-0.1, -0.05) is 68.1 Å². The van der Waals surface area contributed by atoms with E-state index in [-0.39, 0.29) is 0 Å². The van der Waals surface area contributed by atoms with Gasteiger partial charge < -0.3 is 5.32 Å². The summed E-state index contributed by atoms with van der Waals surface area (Å²) in [5, 5.41) is 4.39. The first kappa shape index (κ1) is 16.4. The van der Waals surface area contributed by atoms with Gasteiger partial charge in [0.1, 0.15) is 0 Å². The monoisotopic (exact) mass is 365 g/mol. The van der Waals surface area contributed by atoms with Crippen LogP contribution in [0.15, 0.2) is 53.0 Å². The summed E-state index contributed by atoms with van der Waals surface area (Å²) in [6, 6.07) is 16.8. The highest BCUT2D eigenvalue weighted by molar-refractivity contribution is 9.10. The molecule has 0 fully saturated rings. The molecule has 0 aliphatic heterocycles. The Bertz CT molecular complexity index is 556. The van der Waals surface area contributed by atoms with Crippen LogP contribution in [-0.2, 0) is 0 Å². The highest BCUT2D eigenvalue weighted by atomic mass is 79.9. The minimum atomic E-state index is 0.329. The van der Waals surface area contributed by atoms with Crippen molar-refractivity contribution in [1.29, 1.82) is 0 Å². The molecule has 112 valence electrons. The van der Waals surface area contributed by atoms with Crippen molar-refractivity contribution in [3.05, 3.63) is 63.6 Å². The van der Waals surface area contributed by atoms with Crippen molar-refractivity contribution in [3.63, 3.8) is 0 Å². The van der Waals surface area contributed by atoms with E-state index in [0.717, 1.165) is 21.6 Å². The van der Waals surface area contributed by atoms with Crippen LogP contribution in [0.2, 0.25) is 5.02 Å². The number of hydrogen-bond acceptors (Lipinski definition) is 1. The molecule has 0 aliphatic carbocycles. The Kier molecular flexibility index (Phi) is 6.59. The molecule has 2 aromatic rings. The molecule has 1 nitrogen and oxygen atoms in total. The van der Waals surface area contributed by atoms with Crippen LogP contribution < -0.4 is 5.32 Å². The zero-order valence-electron chi connectivity index (χ0n) is 12.3. The molecule has 0 saturated carbocycles. The Labute approximate surface area is 140 Å². The second-order valence-electron chi connectivity index (χ2n) is 5.23. The van der Waals surface area contributed by atoms with Gasteiger partial charge in [-0.2, -0.15) is 0 Å².